The molecular weight excluding hydrogens is 316 g/mol. The molecule has 1 atom stereocenters. The zero-order valence-corrected chi connectivity index (χ0v) is 13.7. The molecule has 112 valence electrons. The molecule has 1 aliphatic rings. The van der Waals surface area contributed by atoms with E-state index in [0.29, 0.717) is 21.6 Å². The van der Waals surface area contributed by atoms with E-state index in [9.17, 15) is 5.26 Å². The van der Waals surface area contributed by atoms with Crippen LogP contribution in [0.15, 0.2) is 40.5 Å². The van der Waals surface area contributed by atoms with Crippen molar-refractivity contribution in [3.63, 3.8) is 0 Å². The number of nitrogens with one attached hydrogen (secondary N) is 1. The van der Waals surface area contributed by atoms with Crippen LogP contribution in [0.5, 0.6) is 0 Å². The smallest absolute Gasteiger partial charge is 0.212 e. The number of rotatable bonds is 2. The lowest BCUT2D eigenvalue weighted by molar-refractivity contribution is 0.562. The first-order chi connectivity index (χ1) is 10.6. The third-order valence-electron chi connectivity index (χ3n) is 3.36. The van der Waals surface area contributed by atoms with Crippen LogP contribution in [0.1, 0.15) is 18.1 Å². The number of anilines is 1. The molecule has 0 saturated heterocycles. The van der Waals surface area contributed by atoms with Crippen LogP contribution in [0.4, 0.5) is 5.82 Å². The molecule has 0 bridgehead atoms. The first kappa shape index (κ1) is 14.8. The van der Waals surface area contributed by atoms with Crippen LogP contribution in [-0.2, 0) is 4.87 Å². The van der Waals surface area contributed by atoms with Crippen molar-refractivity contribution >= 4 is 34.5 Å². The summed E-state index contributed by atoms with van der Waals surface area (Å²) in [6.07, 6.45) is 1.86. The van der Waals surface area contributed by atoms with Gasteiger partial charge >= 0.3 is 0 Å². The van der Waals surface area contributed by atoms with E-state index < -0.39 is 0 Å². The topological polar surface area (TPSA) is 92.0 Å². The molecule has 1 unspecified atom stereocenters. The fraction of sp³-hybridized carbons (Fsp3) is 0.214. The Hall–Kier alpha value is -2.11. The van der Waals surface area contributed by atoms with Crippen LogP contribution in [0, 0.1) is 11.3 Å². The second-order valence-electron chi connectivity index (χ2n) is 4.80. The van der Waals surface area contributed by atoms with Crippen LogP contribution in [-0.4, -0.2) is 21.2 Å². The maximum atomic E-state index is 9.21. The van der Waals surface area contributed by atoms with Gasteiger partial charge in [0.1, 0.15) is 27.3 Å². The van der Waals surface area contributed by atoms with Gasteiger partial charge in [-0.15, -0.1) is 11.8 Å². The second kappa shape index (κ2) is 5.59. The van der Waals surface area contributed by atoms with E-state index in [1.54, 1.807) is 0 Å². The summed E-state index contributed by atoms with van der Waals surface area (Å²) in [6, 6.07) is 12.1. The third kappa shape index (κ3) is 2.32. The Morgan fingerprint density at radius 1 is 1.41 bits per heavy atom. The zero-order chi connectivity index (χ0) is 15.7. The van der Waals surface area contributed by atoms with Crippen LogP contribution in [0.25, 0.3) is 0 Å². The predicted molar refractivity (Wildman–Crippen MR) is 90.5 cm³/mol. The van der Waals surface area contributed by atoms with Crippen molar-refractivity contribution in [2.45, 2.75) is 16.8 Å². The Morgan fingerprint density at radius 3 is 2.73 bits per heavy atom. The molecule has 0 amide bonds. The van der Waals surface area contributed by atoms with Crippen LogP contribution in [0.2, 0.25) is 0 Å². The van der Waals surface area contributed by atoms with Gasteiger partial charge in [0.15, 0.2) is 0 Å². The summed E-state index contributed by atoms with van der Waals surface area (Å²) in [6.45, 7) is 2.05. The van der Waals surface area contributed by atoms with Crippen LogP contribution < -0.4 is 11.2 Å². The average molecular weight is 330 g/mol. The minimum atomic E-state index is -0.388. The summed E-state index contributed by atoms with van der Waals surface area (Å²) < 4.78 is 1.52. The largest absolute Gasteiger partial charge is 0.382 e. The first-order valence-corrected chi connectivity index (χ1v) is 8.55. The SMILES string of the molecule is CSc1nn(C2=NNC(C)(c3ccccc3)S2)c(N)c1C#N. The number of benzene rings is 1. The standard InChI is InChI=1S/C14H14N6S2/c1-14(9-6-4-3-5-7-9)19-17-13(22-14)20-11(16)10(8-15)12(18-20)21-2/h3-7,19H,16H2,1-2H3. The number of nitrogens with two attached hydrogens (primary N) is 1. The quantitative estimate of drug-likeness (QED) is 0.822. The van der Waals surface area contributed by atoms with E-state index in [2.05, 4.69) is 21.7 Å². The number of thioether (sulfide) groups is 2. The highest BCUT2D eigenvalue weighted by molar-refractivity contribution is 8.14. The van der Waals surface area contributed by atoms with Crippen molar-refractivity contribution in [1.82, 2.24) is 15.2 Å². The minimum absolute atomic E-state index is 0.317. The van der Waals surface area contributed by atoms with Crippen molar-refractivity contribution in [2.75, 3.05) is 12.0 Å². The first-order valence-electron chi connectivity index (χ1n) is 6.51. The summed E-state index contributed by atoms with van der Waals surface area (Å²) in [5.41, 5.74) is 10.7. The fourth-order valence-corrected chi connectivity index (χ4v) is 3.70. The van der Waals surface area contributed by atoms with Gasteiger partial charge in [-0.1, -0.05) is 42.1 Å². The maximum Gasteiger partial charge on any atom is 0.212 e. The van der Waals surface area contributed by atoms with E-state index in [1.807, 2.05) is 43.5 Å². The van der Waals surface area contributed by atoms with Crippen LogP contribution >= 0.6 is 23.5 Å². The summed E-state index contributed by atoms with van der Waals surface area (Å²) in [4.78, 5) is -0.388. The van der Waals surface area contributed by atoms with Crippen molar-refractivity contribution in [2.24, 2.45) is 5.10 Å². The van der Waals surface area contributed by atoms with Crippen molar-refractivity contribution in [3.8, 4) is 6.07 Å². The van der Waals surface area contributed by atoms with Gasteiger partial charge in [-0.2, -0.15) is 20.1 Å². The number of nitrogen functional groups attached to an aromatic ring is 1. The third-order valence-corrected chi connectivity index (χ3v) is 5.21. The molecule has 2 aromatic rings. The molecule has 0 fully saturated rings. The molecule has 1 aromatic carbocycles. The van der Waals surface area contributed by atoms with E-state index in [4.69, 9.17) is 5.73 Å². The van der Waals surface area contributed by atoms with E-state index >= 15 is 0 Å². The highest BCUT2D eigenvalue weighted by atomic mass is 32.2. The predicted octanol–water partition coefficient (Wildman–Crippen LogP) is 2.39. The van der Waals surface area contributed by atoms with Gasteiger partial charge in [0.05, 0.1) is 0 Å². The van der Waals surface area contributed by atoms with E-state index in [0.717, 1.165) is 5.56 Å². The normalized spacial score (nSPS) is 20.3. The number of nitriles is 1. The molecule has 0 spiro atoms. The van der Waals surface area contributed by atoms with Crippen molar-refractivity contribution in [3.05, 3.63) is 41.5 Å². The number of aromatic nitrogens is 2. The van der Waals surface area contributed by atoms with Gasteiger partial charge in [-0.05, 0) is 18.7 Å². The molecule has 1 aliphatic heterocycles. The Kier molecular flexibility index (Phi) is 3.76. The summed E-state index contributed by atoms with van der Waals surface area (Å²) in [5, 5.41) is 19.2. The average Bonchev–Trinajstić information content (AvgIpc) is 3.09. The molecule has 6 nitrogen and oxygen atoms in total. The minimum Gasteiger partial charge on any atom is -0.382 e. The lowest BCUT2D eigenvalue weighted by atomic mass is 10.1. The fourth-order valence-electron chi connectivity index (χ4n) is 2.16. The molecule has 3 N–H and O–H groups in total. The highest BCUT2D eigenvalue weighted by Gasteiger charge is 2.36. The van der Waals surface area contributed by atoms with Gasteiger partial charge < -0.3 is 5.73 Å². The van der Waals surface area contributed by atoms with Gasteiger partial charge in [0, 0.05) is 0 Å². The Morgan fingerprint density at radius 2 is 2.14 bits per heavy atom. The molecule has 3 rings (SSSR count). The number of hydrogen-bond donors (Lipinski definition) is 2. The Bertz CT molecular complexity index is 777. The molecule has 2 heterocycles. The molecule has 8 heteroatoms. The van der Waals surface area contributed by atoms with E-state index in [1.165, 1.54) is 28.2 Å². The van der Waals surface area contributed by atoms with Crippen molar-refractivity contribution < 1.29 is 0 Å². The monoisotopic (exact) mass is 330 g/mol. The van der Waals surface area contributed by atoms with Gasteiger partial charge in [-0.3, -0.25) is 5.43 Å². The Labute approximate surface area is 136 Å². The van der Waals surface area contributed by atoms with Crippen LogP contribution in [0.3, 0.4) is 0 Å². The summed E-state index contributed by atoms with van der Waals surface area (Å²) in [5.74, 6) is 0.317. The Balaban J connectivity index is 1.94. The molecule has 1 aromatic heterocycles. The summed E-state index contributed by atoms with van der Waals surface area (Å²) >= 11 is 2.91. The number of hydrazone groups is 1. The van der Waals surface area contributed by atoms with Crippen molar-refractivity contribution in [1.29, 1.82) is 5.26 Å². The number of hydrogen-bond acceptors (Lipinski definition) is 7. The second-order valence-corrected chi connectivity index (χ2v) is 6.98. The van der Waals surface area contributed by atoms with Gasteiger partial charge in [0.2, 0.25) is 5.17 Å². The molecular formula is C14H14N6S2. The lowest BCUT2D eigenvalue weighted by Gasteiger charge is -2.22. The van der Waals surface area contributed by atoms with Gasteiger partial charge in [-0.25, -0.2) is 0 Å². The highest BCUT2D eigenvalue weighted by Crippen LogP contribution is 2.39. The maximum absolute atomic E-state index is 9.21. The van der Waals surface area contributed by atoms with Gasteiger partial charge in [0.25, 0.3) is 0 Å². The molecule has 0 radical (unpaired) electrons. The lowest BCUT2D eigenvalue weighted by Crippen LogP contribution is -2.28. The molecule has 22 heavy (non-hydrogen) atoms. The molecule has 0 aliphatic carbocycles. The zero-order valence-electron chi connectivity index (χ0n) is 12.1. The number of nitrogens with zero attached hydrogens (tertiary/aromatic N) is 4. The van der Waals surface area contributed by atoms with E-state index in [-0.39, 0.29) is 4.87 Å². The molecule has 0 saturated carbocycles. The summed E-state index contributed by atoms with van der Waals surface area (Å²) in [7, 11) is 0.